The van der Waals surface area contributed by atoms with Crippen LogP contribution in [0.5, 0.6) is 11.8 Å². The average Bonchev–Trinajstić information content (AvgIpc) is 2.38. The predicted molar refractivity (Wildman–Crippen MR) is 68.9 cm³/mol. The summed E-state index contributed by atoms with van der Waals surface area (Å²) in [7, 11) is 1.80. The van der Waals surface area contributed by atoms with Crippen molar-refractivity contribution in [1.82, 2.24) is 15.3 Å². The van der Waals surface area contributed by atoms with Gasteiger partial charge in [-0.05, 0) is 19.2 Å². The molecular weight excluding hydrogens is 320 g/mol. The van der Waals surface area contributed by atoms with Crippen molar-refractivity contribution in [3.63, 3.8) is 0 Å². The Morgan fingerprint density at radius 1 is 1.26 bits per heavy atom. The lowest BCUT2D eigenvalue weighted by Gasteiger charge is -2.06. The third-order valence-electron chi connectivity index (χ3n) is 2.22. The molecule has 2 aromatic rings. The maximum absolute atomic E-state index is 13.5. The topological polar surface area (TPSA) is 47.0 Å². The summed E-state index contributed by atoms with van der Waals surface area (Å²) in [5.41, 5.74) is 0.857. The van der Waals surface area contributed by atoms with Crippen LogP contribution in [-0.2, 0) is 6.54 Å². The summed E-state index contributed by atoms with van der Waals surface area (Å²) in [4.78, 5) is 7.83. The molecule has 1 N–H and O–H groups in total. The third kappa shape index (κ3) is 3.45. The van der Waals surface area contributed by atoms with Crippen molar-refractivity contribution in [3.8, 4) is 11.8 Å². The Hall–Kier alpha value is -1.60. The Balaban J connectivity index is 2.21. The molecule has 1 aromatic heterocycles. The summed E-state index contributed by atoms with van der Waals surface area (Å²) < 4.78 is 32.1. The summed E-state index contributed by atoms with van der Waals surface area (Å²) in [6.07, 6.45) is 3.09. The van der Waals surface area contributed by atoms with E-state index >= 15 is 0 Å². The predicted octanol–water partition coefficient (Wildman–Crippen LogP) is 3.03. The molecule has 0 saturated heterocycles. The number of ether oxygens (including phenoxy) is 1. The van der Waals surface area contributed by atoms with Gasteiger partial charge in [0, 0.05) is 29.0 Å². The van der Waals surface area contributed by atoms with Crippen LogP contribution >= 0.6 is 15.9 Å². The summed E-state index contributed by atoms with van der Waals surface area (Å²) in [5.74, 6) is -2.35. The molecule has 1 aromatic carbocycles. The van der Waals surface area contributed by atoms with Crippen LogP contribution in [-0.4, -0.2) is 17.0 Å². The first-order valence-corrected chi connectivity index (χ1v) is 6.17. The zero-order valence-corrected chi connectivity index (χ0v) is 11.5. The van der Waals surface area contributed by atoms with Crippen molar-refractivity contribution in [1.29, 1.82) is 0 Å². The molecule has 2 rings (SSSR count). The number of benzene rings is 1. The molecule has 0 bridgehead atoms. The van der Waals surface area contributed by atoms with Gasteiger partial charge in [0.2, 0.25) is 5.82 Å². The first-order valence-electron chi connectivity index (χ1n) is 5.38. The minimum atomic E-state index is -1.08. The van der Waals surface area contributed by atoms with Crippen molar-refractivity contribution >= 4 is 15.9 Å². The van der Waals surface area contributed by atoms with Crippen LogP contribution in [0.15, 0.2) is 29.0 Å². The fraction of sp³-hybridized carbons (Fsp3) is 0.167. The molecule has 0 radical (unpaired) electrons. The SMILES string of the molecule is CNCc1cnc(Oc2cc(Br)cc(F)c2F)nc1. The third-order valence-corrected chi connectivity index (χ3v) is 2.68. The normalized spacial score (nSPS) is 10.5. The van der Waals surface area contributed by atoms with Crippen LogP contribution in [0.2, 0.25) is 0 Å². The molecule has 0 spiro atoms. The van der Waals surface area contributed by atoms with Crippen LogP contribution in [0.1, 0.15) is 5.56 Å². The summed E-state index contributed by atoms with van der Waals surface area (Å²) >= 11 is 3.06. The van der Waals surface area contributed by atoms with Gasteiger partial charge in [-0.3, -0.25) is 0 Å². The first-order chi connectivity index (χ1) is 9.10. The second kappa shape index (κ2) is 6.03. The van der Waals surface area contributed by atoms with E-state index < -0.39 is 11.6 Å². The molecule has 0 saturated carbocycles. The van der Waals surface area contributed by atoms with E-state index in [9.17, 15) is 8.78 Å². The van der Waals surface area contributed by atoms with Gasteiger partial charge < -0.3 is 10.1 Å². The molecule has 0 atom stereocenters. The Morgan fingerprint density at radius 2 is 1.95 bits per heavy atom. The molecule has 19 heavy (non-hydrogen) atoms. The molecule has 1 heterocycles. The number of nitrogens with zero attached hydrogens (tertiary/aromatic N) is 2. The first kappa shape index (κ1) is 13.8. The van der Waals surface area contributed by atoms with Gasteiger partial charge in [-0.1, -0.05) is 15.9 Å². The number of rotatable bonds is 4. The Kier molecular flexibility index (Phi) is 4.39. The van der Waals surface area contributed by atoms with E-state index in [1.54, 1.807) is 19.4 Å². The highest BCUT2D eigenvalue weighted by molar-refractivity contribution is 9.10. The van der Waals surface area contributed by atoms with Gasteiger partial charge in [-0.2, -0.15) is 4.39 Å². The van der Waals surface area contributed by atoms with Crippen LogP contribution in [0, 0.1) is 11.6 Å². The molecule has 0 amide bonds. The average molecular weight is 330 g/mol. The van der Waals surface area contributed by atoms with Crippen LogP contribution in [0.3, 0.4) is 0 Å². The minimum absolute atomic E-state index is 0.0451. The molecular formula is C12H10BrF2N3O. The monoisotopic (exact) mass is 329 g/mol. The van der Waals surface area contributed by atoms with Crippen molar-refractivity contribution < 1.29 is 13.5 Å². The maximum atomic E-state index is 13.5. The highest BCUT2D eigenvalue weighted by Gasteiger charge is 2.13. The minimum Gasteiger partial charge on any atom is -0.421 e. The lowest BCUT2D eigenvalue weighted by atomic mass is 10.3. The zero-order valence-electron chi connectivity index (χ0n) is 9.95. The van der Waals surface area contributed by atoms with Crippen molar-refractivity contribution in [2.75, 3.05) is 7.05 Å². The highest BCUT2D eigenvalue weighted by atomic mass is 79.9. The van der Waals surface area contributed by atoms with Gasteiger partial charge in [0.15, 0.2) is 11.6 Å². The number of aromatic nitrogens is 2. The van der Waals surface area contributed by atoms with Gasteiger partial charge in [-0.25, -0.2) is 14.4 Å². The van der Waals surface area contributed by atoms with E-state index in [0.29, 0.717) is 11.0 Å². The molecule has 0 aliphatic carbocycles. The molecule has 7 heteroatoms. The standard InChI is InChI=1S/C12H10BrF2N3O/c1-16-4-7-5-17-12(18-6-7)19-10-3-8(13)2-9(14)11(10)15/h2-3,5-6,16H,4H2,1H3. The van der Waals surface area contributed by atoms with Gasteiger partial charge in [0.05, 0.1) is 0 Å². The van der Waals surface area contributed by atoms with Crippen molar-refractivity contribution in [3.05, 3.63) is 46.2 Å². The van der Waals surface area contributed by atoms with Crippen LogP contribution < -0.4 is 10.1 Å². The van der Waals surface area contributed by atoms with Crippen LogP contribution in [0.25, 0.3) is 0 Å². The zero-order chi connectivity index (χ0) is 13.8. The molecule has 0 aliphatic heterocycles. The smallest absolute Gasteiger partial charge is 0.321 e. The van der Waals surface area contributed by atoms with Crippen molar-refractivity contribution in [2.45, 2.75) is 6.54 Å². The fourth-order valence-corrected chi connectivity index (χ4v) is 1.80. The van der Waals surface area contributed by atoms with E-state index in [1.165, 1.54) is 6.07 Å². The van der Waals surface area contributed by atoms with Crippen LogP contribution in [0.4, 0.5) is 8.78 Å². The molecule has 0 fully saturated rings. The summed E-state index contributed by atoms with van der Waals surface area (Å²) in [5, 5.41) is 2.94. The van der Waals surface area contributed by atoms with Gasteiger partial charge in [0.25, 0.3) is 0 Å². The second-order valence-electron chi connectivity index (χ2n) is 3.71. The quantitative estimate of drug-likeness (QED) is 0.876. The molecule has 0 unspecified atom stereocenters. The summed E-state index contributed by atoms with van der Waals surface area (Å²) in [6, 6.07) is 2.28. The molecule has 4 nitrogen and oxygen atoms in total. The van der Waals surface area contributed by atoms with Gasteiger partial charge >= 0.3 is 6.01 Å². The Labute approximate surface area is 117 Å². The lowest BCUT2D eigenvalue weighted by Crippen LogP contribution is -2.06. The van der Waals surface area contributed by atoms with Gasteiger partial charge in [0.1, 0.15) is 0 Å². The Bertz CT molecular complexity index is 578. The second-order valence-corrected chi connectivity index (χ2v) is 4.62. The molecule has 100 valence electrons. The van der Waals surface area contributed by atoms with E-state index in [-0.39, 0.29) is 11.8 Å². The molecule has 0 aliphatic rings. The number of hydrogen-bond acceptors (Lipinski definition) is 4. The number of nitrogens with one attached hydrogen (secondary N) is 1. The van der Waals surface area contributed by atoms with E-state index in [1.807, 2.05) is 0 Å². The largest absolute Gasteiger partial charge is 0.421 e. The number of halogens is 3. The van der Waals surface area contributed by atoms with Gasteiger partial charge in [-0.15, -0.1) is 0 Å². The fourth-order valence-electron chi connectivity index (χ4n) is 1.40. The van der Waals surface area contributed by atoms with E-state index in [2.05, 4.69) is 31.2 Å². The van der Waals surface area contributed by atoms with E-state index in [4.69, 9.17) is 4.74 Å². The van der Waals surface area contributed by atoms with Crippen molar-refractivity contribution in [2.24, 2.45) is 0 Å². The lowest BCUT2D eigenvalue weighted by molar-refractivity contribution is 0.392. The maximum Gasteiger partial charge on any atom is 0.321 e. The Morgan fingerprint density at radius 3 is 2.58 bits per heavy atom. The highest BCUT2D eigenvalue weighted by Crippen LogP contribution is 2.27. The summed E-state index contributed by atoms with van der Waals surface area (Å²) in [6.45, 7) is 0.611. The van der Waals surface area contributed by atoms with E-state index in [0.717, 1.165) is 11.6 Å². The number of hydrogen-bond donors (Lipinski definition) is 1.